The molecular formula is C15H18N2O3. The van der Waals surface area contributed by atoms with Crippen LogP contribution in [0.2, 0.25) is 0 Å². The minimum absolute atomic E-state index is 0.261. The van der Waals surface area contributed by atoms with E-state index in [9.17, 15) is 5.11 Å². The summed E-state index contributed by atoms with van der Waals surface area (Å²) >= 11 is 0. The molecule has 0 fully saturated rings. The summed E-state index contributed by atoms with van der Waals surface area (Å²) in [4.78, 5) is 8.33. The molecule has 1 unspecified atom stereocenters. The fraction of sp³-hybridized carbons (Fsp3) is 0.333. The molecule has 0 aliphatic heterocycles. The SMILES string of the molecule is COc1cnc(C(O)c2ccc(C)cc2C)c(OC)n1. The summed E-state index contributed by atoms with van der Waals surface area (Å²) < 4.78 is 10.2. The van der Waals surface area contributed by atoms with Gasteiger partial charge in [-0.1, -0.05) is 23.8 Å². The molecule has 0 saturated carbocycles. The zero-order chi connectivity index (χ0) is 14.7. The zero-order valence-electron chi connectivity index (χ0n) is 12.0. The lowest BCUT2D eigenvalue weighted by Crippen LogP contribution is -2.08. The van der Waals surface area contributed by atoms with Crippen molar-refractivity contribution in [3.63, 3.8) is 0 Å². The molecule has 5 heteroatoms. The van der Waals surface area contributed by atoms with Gasteiger partial charge in [0.2, 0.25) is 11.8 Å². The van der Waals surface area contributed by atoms with Crippen molar-refractivity contribution in [1.29, 1.82) is 0 Å². The van der Waals surface area contributed by atoms with Crippen molar-refractivity contribution in [3.8, 4) is 11.8 Å². The van der Waals surface area contributed by atoms with E-state index in [1.54, 1.807) is 0 Å². The van der Waals surface area contributed by atoms with Crippen molar-refractivity contribution in [2.45, 2.75) is 20.0 Å². The van der Waals surface area contributed by atoms with Gasteiger partial charge in [0.25, 0.3) is 0 Å². The van der Waals surface area contributed by atoms with E-state index in [1.165, 1.54) is 20.4 Å². The lowest BCUT2D eigenvalue weighted by atomic mass is 9.99. The predicted octanol–water partition coefficient (Wildman–Crippen LogP) is 2.19. The molecule has 1 aromatic heterocycles. The molecule has 5 nitrogen and oxygen atoms in total. The summed E-state index contributed by atoms with van der Waals surface area (Å²) in [6.07, 6.45) is 0.578. The Bertz CT molecular complexity index is 614. The van der Waals surface area contributed by atoms with Gasteiger partial charge < -0.3 is 14.6 Å². The molecule has 1 heterocycles. The second-order valence-corrected chi connectivity index (χ2v) is 4.57. The van der Waals surface area contributed by atoms with E-state index < -0.39 is 6.10 Å². The normalized spacial score (nSPS) is 12.1. The quantitative estimate of drug-likeness (QED) is 0.926. The second kappa shape index (κ2) is 5.88. The van der Waals surface area contributed by atoms with Crippen LogP contribution in [0.15, 0.2) is 24.4 Å². The first kappa shape index (κ1) is 14.3. The van der Waals surface area contributed by atoms with E-state index in [-0.39, 0.29) is 5.88 Å². The van der Waals surface area contributed by atoms with Crippen LogP contribution >= 0.6 is 0 Å². The van der Waals surface area contributed by atoms with Gasteiger partial charge >= 0.3 is 0 Å². The Balaban J connectivity index is 2.44. The summed E-state index contributed by atoms with van der Waals surface area (Å²) in [7, 11) is 2.99. The largest absolute Gasteiger partial charge is 0.480 e. The maximum Gasteiger partial charge on any atom is 0.241 e. The summed E-state index contributed by atoms with van der Waals surface area (Å²) in [5, 5.41) is 10.5. The molecule has 1 aromatic carbocycles. The van der Waals surface area contributed by atoms with Crippen LogP contribution in [0, 0.1) is 13.8 Å². The number of hydrogen-bond donors (Lipinski definition) is 1. The van der Waals surface area contributed by atoms with Crippen molar-refractivity contribution < 1.29 is 14.6 Å². The van der Waals surface area contributed by atoms with Gasteiger partial charge in [0.15, 0.2) is 0 Å². The molecule has 0 radical (unpaired) electrons. The highest BCUT2D eigenvalue weighted by molar-refractivity contribution is 5.38. The van der Waals surface area contributed by atoms with Gasteiger partial charge in [-0.05, 0) is 25.0 Å². The smallest absolute Gasteiger partial charge is 0.241 e. The number of aryl methyl sites for hydroxylation is 2. The van der Waals surface area contributed by atoms with Gasteiger partial charge in [0, 0.05) is 0 Å². The topological polar surface area (TPSA) is 64.5 Å². The Hall–Kier alpha value is -2.14. The molecule has 1 N–H and O–H groups in total. The van der Waals surface area contributed by atoms with Gasteiger partial charge in [-0.2, -0.15) is 4.98 Å². The van der Waals surface area contributed by atoms with Gasteiger partial charge in [0.05, 0.1) is 20.4 Å². The molecule has 20 heavy (non-hydrogen) atoms. The van der Waals surface area contributed by atoms with Crippen molar-refractivity contribution in [2.75, 3.05) is 14.2 Å². The summed E-state index contributed by atoms with van der Waals surface area (Å²) in [6, 6.07) is 5.86. The highest BCUT2D eigenvalue weighted by Crippen LogP contribution is 2.30. The fourth-order valence-corrected chi connectivity index (χ4v) is 2.08. The highest BCUT2D eigenvalue weighted by Gasteiger charge is 2.20. The lowest BCUT2D eigenvalue weighted by Gasteiger charge is -2.16. The third-order valence-electron chi connectivity index (χ3n) is 3.13. The molecule has 2 aromatic rings. The van der Waals surface area contributed by atoms with Crippen molar-refractivity contribution in [2.24, 2.45) is 0 Å². The predicted molar refractivity (Wildman–Crippen MR) is 75.1 cm³/mol. The van der Waals surface area contributed by atoms with Gasteiger partial charge in [-0.3, -0.25) is 0 Å². The number of benzene rings is 1. The number of nitrogens with zero attached hydrogens (tertiary/aromatic N) is 2. The average Bonchev–Trinajstić information content (AvgIpc) is 2.46. The number of ether oxygens (including phenoxy) is 2. The van der Waals surface area contributed by atoms with Crippen LogP contribution in [0.4, 0.5) is 0 Å². The van der Waals surface area contributed by atoms with E-state index in [2.05, 4.69) is 9.97 Å². The van der Waals surface area contributed by atoms with Crippen molar-refractivity contribution in [3.05, 3.63) is 46.8 Å². The third kappa shape index (κ3) is 2.72. The number of methoxy groups -OCH3 is 2. The first-order valence-corrected chi connectivity index (χ1v) is 6.27. The Kier molecular flexibility index (Phi) is 4.20. The molecule has 2 rings (SSSR count). The number of hydrogen-bond acceptors (Lipinski definition) is 5. The summed E-state index contributed by atoms with van der Waals surface area (Å²) in [5.41, 5.74) is 3.30. The standard InChI is InChI=1S/C15H18N2O3/c1-9-5-6-11(10(2)7-9)14(18)13-15(20-4)17-12(19-3)8-16-13/h5-8,14,18H,1-4H3. The Morgan fingerprint density at radius 3 is 2.50 bits per heavy atom. The van der Waals surface area contributed by atoms with Crippen molar-refractivity contribution >= 4 is 0 Å². The first-order chi connectivity index (χ1) is 9.56. The fourth-order valence-electron chi connectivity index (χ4n) is 2.08. The highest BCUT2D eigenvalue weighted by atomic mass is 16.5. The van der Waals surface area contributed by atoms with E-state index in [4.69, 9.17) is 9.47 Å². The Morgan fingerprint density at radius 2 is 1.90 bits per heavy atom. The number of aromatic nitrogens is 2. The van der Waals surface area contributed by atoms with Crippen LogP contribution in [0.5, 0.6) is 11.8 Å². The minimum atomic E-state index is -0.885. The molecule has 0 aliphatic carbocycles. The van der Waals surface area contributed by atoms with Gasteiger partial charge in [0.1, 0.15) is 11.8 Å². The molecule has 0 aliphatic rings. The summed E-state index contributed by atoms with van der Waals surface area (Å²) in [5.74, 6) is 0.607. The lowest BCUT2D eigenvalue weighted by molar-refractivity contribution is 0.206. The van der Waals surface area contributed by atoms with Crippen LogP contribution in [0.25, 0.3) is 0 Å². The van der Waals surface area contributed by atoms with Gasteiger partial charge in [-0.25, -0.2) is 4.98 Å². The first-order valence-electron chi connectivity index (χ1n) is 6.27. The molecule has 106 valence electrons. The van der Waals surface area contributed by atoms with Crippen LogP contribution in [-0.4, -0.2) is 29.3 Å². The Labute approximate surface area is 118 Å². The molecule has 0 saturated heterocycles. The number of rotatable bonds is 4. The van der Waals surface area contributed by atoms with E-state index in [1.807, 2.05) is 32.0 Å². The van der Waals surface area contributed by atoms with E-state index >= 15 is 0 Å². The number of aliphatic hydroxyl groups is 1. The summed E-state index contributed by atoms with van der Waals surface area (Å²) in [6.45, 7) is 3.96. The van der Waals surface area contributed by atoms with Crippen LogP contribution in [0.1, 0.15) is 28.5 Å². The molecule has 1 atom stereocenters. The van der Waals surface area contributed by atoms with Gasteiger partial charge in [-0.15, -0.1) is 0 Å². The minimum Gasteiger partial charge on any atom is -0.480 e. The third-order valence-corrected chi connectivity index (χ3v) is 3.13. The maximum absolute atomic E-state index is 10.5. The molecule has 0 bridgehead atoms. The monoisotopic (exact) mass is 274 g/mol. The Morgan fingerprint density at radius 1 is 1.15 bits per heavy atom. The second-order valence-electron chi connectivity index (χ2n) is 4.57. The van der Waals surface area contributed by atoms with Crippen molar-refractivity contribution in [1.82, 2.24) is 9.97 Å². The maximum atomic E-state index is 10.5. The van der Waals surface area contributed by atoms with E-state index in [0.717, 1.165) is 16.7 Å². The van der Waals surface area contributed by atoms with E-state index in [0.29, 0.717) is 11.6 Å². The molecular weight excluding hydrogens is 256 g/mol. The molecule has 0 amide bonds. The van der Waals surface area contributed by atoms with Crippen LogP contribution in [-0.2, 0) is 0 Å². The average molecular weight is 274 g/mol. The zero-order valence-corrected chi connectivity index (χ0v) is 12.0. The van der Waals surface area contributed by atoms with Crippen LogP contribution < -0.4 is 9.47 Å². The number of aliphatic hydroxyl groups excluding tert-OH is 1. The molecule has 0 spiro atoms. The van der Waals surface area contributed by atoms with Crippen LogP contribution in [0.3, 0.4) is 0 Å².